The fourth-order valence-electron chi connectivity index (χ4n) is 3.25. The van der Waals surface area contributed by atoms with Gasteiger partial charge >= 0.3 is 0 Å². The molecule has 126 valence electrons. The first-order chi connectivity index (χ1) is 11.5. The molecule has 1 aromatic carbocycles. The molecule has 5 heteroatoms. The summed E-state index contributed by atoms with van der Waals surface area (Å²) in [7, 11) is 0. The second kappa shape index (κ2) is 6.91. The van der Waals surface area contributed by atoms with Crippen molar-refractivity contribution in [3.05, 3.63) is 57.5 Å². The maximum Gasteiger partial charge on any atom is 0.254 e. The summed E-state index contributed by atoms with van der Waals surface area (Å²) in [6, 6.07) is 8.65. The van der Waals surface area contributed by atoms with E-state index in [2.05, 4.69) is 11.4 Å². The van der Waals surface area contributed by atoms with E-state index in [1.807, 2.05) is 12.1 Å². The zero-order valence-corrected chi connectivity index (χ0v) is 13.8. The summed E-state index contributed by atoms with van der Waals surface area (Å²) < 4.78 is 1.35. The molecule has 0 radical (unpaired) electrons. The Hall–Kier alpha value is -2.56. The van der Waals surface area contributed by atoms with Crippen LogP contribution in [0.4, 0.5) is 5.69 Å². The molecule has 0 bridgehead atoms. The number of aryl methyl sites for hydroxylation is 3. The third kappa shape index (κ3) is 3.67. The molecule has 1 aliphatic rings. The van der Waals surface area contributed by atoms with E-state index in [1.165, 1.54) is 41.0 Å². The number of carbonyl (C=O) groups excluding carboxylic acids is 1. The van der Waals surface area contributed by atoms with Gasteiger partial charge in [0.25, 0.3) is 5.56 Å². The molecule has 0 aliphatic heterocycles. The number of benzene rings is 1. The van der Waals surface area contributed by atoms with E-state index < -0.39 is 0 Å². The van der Waals surface area contributed by atoms with Gasteiger partial charge in [0.05, 0.1) is 0 Å². The predicted molar refractivity (Wildman–Crippen MR) is 93.4 cm³/mol. The number of hydrogen-bond acceptors (Lipinski definition) is 3. The zero-order valence-electron chi connectivity index (χ0n) is 13.8. The summed E-state index contributed by atoms with van der Waals surface area (Å²) in [6.07, 6.45) is 5.81. The van der Waals surface area contributed by atoms with Gasteiger partial charge in [0, 0.05) is 17.4 Å². The average Bonchev–Trinajstić information content (AvgIpc) is 2.75. The lowest BCUT2D eigenvalue weighted by Gasteiger charge is -2.12. The highest BCUT2D eigenvalue weighted by Gasteiger charge is 2.11. The summed E-state index contributed by atoms with van der Waals surface area (Å²) in [5.41, 5.74) is 3.62. The minimum atomic E-state index is -0.385. The Morgan fingerprint density at radius 3 is 2.62 bits per heavy atom. The van der Waals surface area contributed by atoms with E-state index in [0.717, 1.165) is 24.6 Å². The highest BCUT2D eigenvalue weighted by Crippen LogP contribution is 2.23. The molecule has 1 aromatic heterocycles. The van der Waals surface area contributed by atoms with E-state index in [1.54, 1.807) is 6.92 Å². The number of fused-ring (bicyclic) bond motifs is 1. The fourth-order valence-corrected chi connectivity index (χ4v) is 3.25. The third-order valence-electron chi connectivity index (χ3n) is 4.50. The van der Waals surface area contributed by atoms with Gasteiger partial charge < -0.3 is 15.0 Å². The van der Waals surface area contributed by atoms with Crippen LogP contribution in [0.2, 0.25) is 0 Å². The van der Waals surface area contributed by atoms with Gasteiger partial charge in [-0.05, 0) is 61.9 Å². The number of aromatic nitrogens is 1. The van der Waals surface area contributed by atoms with Crippen molar-refractivity contribution >= 4 is 11.6 Å². The third-order valence-corrected chi connectivity index (χ3v) is 4.50. The van der Waals surface area contributed by atoms with Crippen LogP contribution in [0.25, 0.3) is 0 Å². The van der Waals surface area contributed by atoms with Crippen LogP contribution in [0.1, 0.15) is 36.1 Å². The Balaban J connectivity index is 1.74. The maximum atomic E-state index is 12.3. The number of aromatic hydroxyl groups is 1. The minimum absolute atomic E-state index is 0.0674. The lowest BCUT2D eigenvalue weighted by atomic mass is 10.0. The number of nitrogens with zero attached hydrogens (tertiary/aromatic N) is 1. The van der Waals surface area contributed by atoms with Crippen molar-refractivity contribution in [2.24, 2.45) is 0 Å². The molecule has 1 aliphatic carbocycles. The molecule has 0 unspecified atom stereocenters. The first kappa shape index (κ1) is 16.3. The number of nitrogens with one attached hydrogen (secondary N) is 1. The van der Waals surface area contributed by atoms with Crippen LogP contribution in [0.3, 0.4) is 0 Å². The molecular weight excluding hydrogens is 304 g/mol. The van der Waals surface area contributed by atoms with Crippen LogP contribution >= 0.6 is 0 Å². The Labute approximate surface area is 140 Å². The molecule has 1 amide bonds. The first-order valence-electron chi connectivity index (χ1n) is 8.35. The highest BCUT2D eigenvalue weighted by molar-refractivity contribution is 5.90. The second-order valence-electron chi connectivity index (χ2n) is 6.37. The van der Waals surface area contributed by atoms with E-state index >= 15 is 0 Å². The highest BCUT2D eigenvalue weighted by atomic mass is 16.3. The van der Waals surface area contributed by atoms with Crippen molar-refractivity contribution in [1.29, 1.82) is 0 Å². The minimum Gasteiger partial charge on any atom is -0.508 e. The normalized spacial score (nSPS) is 13.9. The fraction of sp³-hybridized carbons (Fsp3) is 0.368. The Bertz CT molecular complexity index is 824. The maximum absolute atomic E-state index is 12.3. The van der Waals surface area contributed by atoms with Gasteiger partial charge in [-0.1, -0.05) is 12.5 Å². The lowest BCUT2D eigenvalue weighted by molar-refractivity contribution is -0.116. The van der Waals surface area contributed by atoms with Gasteiger partial charge in [0.15, 0.2) is 0 Å². The Morgan fingerprint density at radius 2 is 1.88 bits per heavy atom. The van der Waals surface area contributed by atoms with Crippen LogP contribution in [-0.2, 0) is 24.2 Å². The number of hydrogen-bond donors (Lipinski definition) is 2. The standard InChI is InChI=1S/C19H22N2O3/c1-13-9-17(22)11-19(24)21(13)12-18(23)20-16-8-7-14-5-3-2-4-6-15(14)10-16/h7-11,22H,2-6,12H2,1H3,(H,20,23). The van der Waals surface area contributed by atoms with E-state index in [9.17, 15) is 14.7 Å². The molecule has 0 fully saturated rings. The van der Waals surface area contributed by atoms with Crippen LogP contribution in [0.15, 0.2) is 35.1 Å². The summed E-state index contributed by atoms with van der Waals surface area (Å²) in [5, 5.41) is 12.3. The van der Waals surface area contributed by atoms with Crippen molar-refractivity contribution < 1.29 is 9.90 Å². The number of anilines is 1. The van der Waals surface area contributed by atoms with Crippen LogP contribution in [-0.4, -0.2) is 15.6 Å². The average molecular weight is 326 g/mol. The van der Waals surface area contributed by atoms with Crippen LogP contribution in [0, 0.1) is 6.92 Å². The molecule has 5 nitrogen and oxygen atoms in total. The van der Waals surface area contributed by atoms with Crippen LogP contribution < -0.4 is 10.9 Å². The largest absolute Gasteiger partial charge is 0.508 e. The van der Waals surface area contributed by atoms with Crippen molar-refractivity contribution in [2.45, 2.75) is 45.6 Å². The van der Waals surface area contributed by atoms with Crippen molar-refractivity contribution in [3.63, 3.8) is 0 Å². The quantitative estimate of drug-likeness (QED) is 0.852. The smallest absolute Gasteiger partial charge is 0.254 e. The summed E-state index contributed by atoms with van der Waals surface area (Å²) in [5.74, 6) is -0.334. The monoisotopic (exact) mass is 326 g/mol. The molecule has 2 N–H and O–H groups in total. The first-order valence-corrected chi connectivity index (χ1v) is 8.35. The molecule has 0 saturated heterocycles. The number of amides is 1. The summed E-state index contributed by atoms with van der Waals surface area (Å²) in [6.45, 7) is 1.62. The zero-order chi connectivity index (χ0) is 17.1. The molecular formula is C19H22N2O3. The summed E-state index contributed by atoms with van der Waals surface area (Å²) >= 11 is 0. The predicted octanol–water partition coefficient (Wildman–Crippen LogP) is 2.77. The van der Waals surface area contributed by atoms with Gasteiger partial charge in [-0.15, -0.1) is 0 Å². The van der Waals surface area contributed by atoms with E-state index in [0.29, 0.717) is 5.69 Å². The number of pyridine rings is 1. The lowest BCUT2D eigenvalue weighted by Crippen LogP contribution is -2.28. The van der Waals surface area contributed by atoms with Crippen LogP contribution in [0.5, 0.6) is 5.75 Å². The molecule has 3 rings (SSSR count). The van der Waals surface area contributed by atoms with Crippen molar-refractivity contribution in [3.8, 4) is 5.75 Å². The molecule has 0 spiro atoms. The van der Waals surface area contributed by atoms with Gasteiger partial charge in [-0.2, -0.15) is 0 Å². The molecule has 24 heavy (non-hydrogen) atoms. The number of rotatable bonds is 3. The Kier molecular flexibility index (Phi) is 4.69. The second-order valence-corrected chi connectivity index (χ2v) is 6.37. The SMILES string of the molecule is Cc1cc(O)cc(=O)n1CC(=O)Nc1ccc2c(c1)CCCCC2. The van der Waals surface area contributed by atoms with Gasteiger partial charge in [-0.3, -0.25) is 9.59 Å². The van der Waals surface area contributed by atoms with Crippen molar-refractivity contribution in [1.82, 2.24) is 4.57 Å². The number of carbonyl (C=O) groups is 1. The molecule has 2 aromatic rings. The summed E-state index contributed by atoms with van der Waals surface area (Å²) in [4.78, 5) is 24.2. The van der Waals surface area contributed by atoms with Gasteiger partial charge in [0.1, 0.15) is 12.3 Å². The van der Waals surface area contributed by atoms with E-state index in [-0.39, 0.29) is 23.8 Å². The van der Waals surface area contributed by atoms with E-state index in [4.69, 9.17) is 0 Å². The van der Waals surface area contributed by atoms with Crippen molar-refractivity contribution in [2.75, 3.05) is 5.32 Å². The Morgan fingerprint density at radius 1 is 1.12 bits per heavy atom. The van der Waals surface area contributed by atoms with Gasteiger partial charge in [0.2, 0.25) is 5.91 Å². The molecule has 1 heterocycles. The molecule has 0 saturated carbocycles. The molecule has 0 atom stereocenters. The van der Waals surface area contributed by atoms with Gasteiger partial charge in [-0.25, -0.2) is 0 Å². The topological polar surface area (TPSA) is 71.3 Å².